The molecule has 10 heteroatoms. The van der Waals surface area contributed by atoms with E-state index in [0.717, 1.165) is 67.5 Å². The smallest absolute Gasteiger partial charge is 0.490 e. The Bertz CT molecular complexity index is 1320. The Kier molecular flexibility index (Phi) is 10.5. The van der Waals surface area contributed by atoms with Gasteiger partial charge in [-0.3, -0.25) is 9.36 Å². The quantitative estimate of drug-likeness (QED) is 0.385. The lowest BCUT2D eigenvalue weighted by molar-refractivity contribution is -0.192. The molecule has 2 aromatic carbocycles. The van der Waals surface area contributed by atoms with Crippen molar-refractivity contribution in [2.45, 2.75) is 58.7 Å². The van der Waals surface area contributed by atoms with Crippen LogP contribution in [-0.2, 0) is 17.8 Å². The van der Waals surface area contributed by atoms with Gasteiger partial charge in [0, 0.05) is 13.1 Å². The Labute approximate surface area is 226 Å². The van der Waals surface area contributed by atoms with E-state index in [-0.39, 0.29) is 5.56 Å². The number of nitrogens with zero attached hydrogens (tertiary/aromatic N) is 3. The highest BCUT2D eigenvalue weighted by Gasteiger charge is 2.38. The van der Waals surface area contributed by atoms with E-state index in [0.29, 0.717) is 18.3 Å². The molecule has 7 nitrogen and oxygen atoms in total. The molecule has 212 valence electrons. The fourth-order valence-corrected chi connectivity index (χ4v) is 4.85. The van der Waals surface area contributed by atoms with Gasteiger partial charge >= 0.3 is 12.1 Å². The summed E-state index contributed by atoms with van der Waals surface area (Å²) in [5.41, 5.74) is 2.89. The van der Waals surface area contributed by atoms with Crippen molar-refractivity contribution in [1.82, 2.24) is 14.5 Å². The summed E-state index contributed by atoms with van der Waals surface area (Å²) in [5, 5.41) is 7.85. The van der Waals surface area contributed by atoms with Crippen molar-refractivity contribution in [3.05, 3.63) is 58.4 Å². The molecule has 2 heterocycles. The van der Waals surface area contributed by atoms with E-state index in [1.807, 2.05) is 34.9 Å². The van der Waals surface area contributed by atoms with Crippen molar-refractivity contribution in [2.75, 3.05) is 26.7 Å². The monoisotopic (exact) mass is 547 g/mol. The molecule has 1 aliphatic heterocycles. The first-order chi connectivity index (χ1) is 18.6. The summed E-state index contributed by atoms with van der Waals surface area (Å²) in [6.07, 6.45) is 0.501. The number of aryl methyl sites for hydroxylation is 1. The second-order valence-electron chi connectivity index (χ2n) is 9.71. The maximum atomic E-state index is 13.8. The number of carboxylic acid groups (broad SMARTS) is 1. The fraction of sp³-hybridized carbons (Fsp3) is 0.483. The molecule has 1 atom stereocenters. The fourth-order valence-electron chi connectivity index (χ4n) is 4.85. The minimum atomic E-state index is -5.08. The van der Waals surface area contributed by atoms with E-state index in [1.165, 1.54) is 12.0 Å². The van der Waals surface area contributed by atoms with Gasteiger partial charge < -0.3 is 14.7 Å². The number of hydrogen-bond donors (Lipinski definition) is 1. The maximum absolute atomic E-state index is 13.8. The number of aromatic nitrogens is 2. The number of aliphatic carboxylic acids is 1. The molecule has 3 aromatic rings. The third-order valence-electron chi connectivity index (χ3n) is 6.92. The van der Waals surface area contributed by atoms with Gasteiger partial charge in [-0.1, -0.05) is 38.5 Å². The second kappa shape index (κ2) is 13.6. The Morgan fingerprint density at radius 3 is 2.54 bits per heavy atom. The third-order valence-corrected chi connectivity index (χ3v) is 6.92. The van der Waals surface area contributed by atoms with Gasteiger partial charge in [0.15, 0.2) is 0 Å². The normalized spacial score (nSPS) is 16.0. The summed E-state index contributed by atoms with van der Waals surface area (Å²) < 4.78 is 39.3. The van der Waals surface area contributed by atoms with Gasteiger partial charge in [-0.05, 0) is 74.5 Å². The number of fused-ring (bicyclic) bond motifs is 1. The minimum absolute atomic E-state index is 0.0582. The molecule has 1 fully saturated rings. The lowest BCUT2D eigenvalue weighted by Gasteiger charge is -2.32. The van der Waals surface area contributed by atoms with Crippen molar-refractivity contribution in [3.8, 4) is 17.1 Å². The summed E-state index contributed by atoms with van der Waals surface area (Å²) in [4.78, 5) is 30.2. The summed E-state index contributed by atoms with van der Waals surface area (Å²) in [7, 11) is 1.67. The number of methoxy groups -OCH3 is 1. The van der Waals surface area contributed by atoms with Gasteiger partial charge in [-0.2, -0.15) is 13.2 Å². The van der Waals surface area contributed by atoms with E-state index in [1.54, 1.807) is 7.11 Å². The molecule has 1 N–H and O–H groups in total. The van der Waals surface area contributed by atoms with Crippen molar-refractivity contribution in [1.29, 1.82) is 0 Å². The molecule has 0 saturated carbocycles. The number of halogens is 3. The van der Waals surface area contributed by atoms with Crippen molar-refractivity contribution in [3.63, 3.8) is 0 Å². The molecule has 1 unspecified atom stereocenters. The van der Waals surface area contributed by atoms with Crippen LogP contribution in [0.15, 0.2) is 47.3 Å². The number of unbranched alkanes of at least 4 members (excludes halogenated alkanes) is 1. The summed E-state index contributed by atoms with van der Waals surface area (Å²) in [6.45, 7) is 8.33. The van der Waals surface area contributed by atoms with Gasteiger partial charge in [-0.25, -0.2) is 9.78 Å². The molecule has 0 bridgehead atoms. The average Bonchev–Trinajstić information content (AvgIpc) is 2.93. The number of rotatable bonds is 8. The van der Waals surface area contributed by atoms with E-state index in [2.05, 4.69) is 30.9 Å². The van der Waals surface area contributed by atoms with Gasteiger partial charge in [0.2, 0.25) is 0 Å². The van der Waals surface area contributed by atoms with Gasteiger partial charge in [0.05, 0.1) is 23.6 Å². The SMILES string of the molecule is CCCCc1ccc2nc(-c3ccccc3OC)n(CC3CCCN(CC)C3)c(=O)c2c1.O=C(O)C(F)(F)F. The van der Waals surface area contributed by atoms with Crippen LogP contribution in [0.25, 0.3) is 22.3 Å². The third kappa shape index (κ3) is 7.81. The molecule has 0 radical (unpaired) electrons. The highest BCUT2D eigenvalue weighted by molar-refractivity contribution is 5.81. The molecule has 0 aliphatic carbocycles. The molecule has 0 amide bonds. The Morgan fingerprint density at radius 2 is 1.90 bits per heavy atom. The van der Waals surface area contributed by atoms with Gasteiger partial charge in [-0.15, -0.1) is 0 Å². The zero-order chi connectivity index (χ0) is 28.6. The molecule has 1 aliphatic rings. The van der Waals surface area contributed by atoms with E-state index in [9.17, 15) is 18.0 Å². The molecule has 0 spiro atoms. The number of piperidine rings is 1. The van der Waals surface area contributed by atoms with Crippen LogP contribution in [0.5, 0.6) is 5.75 Å². The van der Waals surface area contributed by atoms with Crippen LogP contribution in [0, 0.1) is 5.92 Å². The van der Waals surface area contributed by atoms with Gasteiger partial charge in [0.25, 0.3) is 5.56 Å². The molecule has 1 saturated heterocycles. The number of likely N-dealkylation sites (tertiary alicyclic amines) is 1. The Hall–Kier alpha value is -3.40. The summed E-state index contributed by atoms with van der Waals surface area (Å²) >= 11 is 0. The number of alkyl halides is 3. The minimum Gasteiger partial charge on any atom is -0.496 e. The number of carbonyl (C=O) groups is 1. The first kappa shape index (κ1) is 30.1. The number of ether oxygens (including phenoxy) is 1. The standard InChI is InChI=1S/C27H35N3O2.C2HF3O2/c1-4-6-10-20-14-15-24-23(17-20)27(31)30(19-21-11-9-16-29(5-2)18-21)26(28-24)22-12-7-8-13-25(22)32-3;3-2(4,5)1(6)7/h7-8,12-15,17,21H,4-6,9-11,16,18-19H2,1-3H3;(H,6,7). The first-order valence-corrected chi connectivity index (χ1v) is 13.3. The first-order valence-electron chi connectivity index (χ1n) is 13.3. The highest BCUT2D eigenvalue weighted by Crippen LogP contribution is 2.30. The van der Waals surface area contributed by atoms with Crippen molar-refractivity contribution >= 4 is 16.9 Å². The molecule has 39 heavy (non-hydrogen) atoms. The van der Waals surface area contributed by atoms with E-state index >= 15 is 0 Å². The molecular formula is C29H36F3N3O4. The van der Waals surface area contributed by atoms with Crippen LogP contribution in [-0.4, -0.2) is 58.4 Å². The number of carboxylic acids is 1. The van der Waals surface area contributed by atoms with Crippen LogP contribution >= 0.6 is 0 Å². The van der Waals surface area contributed by atoms with Crippen LogP contribution < -0.4 is 10.3 Å². The topological polar surface area (TPSA) is 84.7 Å². The highest BCUT2D eigenvalue weighted by atomic mass is 19.4. The molecule has 1 aromatic heterocycles. The van der Waals surface area contributed by atoms with Crippen LogP contribution in [0.2, 0.25) is 0 Å². The van der Waals surface area contributed by atoms with Gasteiger partial charge in [0.1, 0.15) is 11.6 Å². The van der Waals surface area contributed by atoms with Crippen LogP contribution in [0.4, 0.5) is 13.2 Å². The summed E-state index contributed by atoms with van der Waals surface area (Å²) in [5.74, 6) is -0.870. The summed E-state index contributed by atoms with van der Waals surface area (Å²) in [6, 6.07) is 14.0. The van der Waals surface area contributed by atoms with Crippen LogP contribution in [0.3, 0.4) is 0 Å². The van der Waals surface area contributed by atoms with Crippen molar-refractivity contribution < 1.29 is 27.8 Å². The number of hydrogen-bond acceptors (Lipinski definition) is 5. The Balaban J connectivity index is 0.000000532. The predicted molar refractivity (Wildman–Crippen MR) is 145 cm³/mol. The zero-order valence-corrected chi connectivity index (χ0v) is 22.6. The lowest BCUT2D eigenvalue weighted by Crippen LogP contribution is -2.38. The number of para-hydroxylation sites is 1. The largest absolute Gasteiger partial charge is 0.496 e. The molecular weight excluding hydrogens is 511 g/mol. The lowest BCUT2D eigenvalue weighted by atomic mass is 9.97. The molecule has 4 rings (SSSR count). The van der Waals surface area contributed by atoms with E-state index < -0.39 is 12.1 Å². The second-order valence-corrected chi connectivity index (χ2v) is 9.71. The predicted octanol–water partition coefficient (Wildman–Crippen LogP) is 5.78. The van der Waals surface area contributed by atoms with Crippen molar-refractivity contribution in [2.24, 2.45) is 5.92 Å². The average molecular weight is 548 g/mol. The van der Waals surface area contributed by atoms with Crippen LogP contribution in [0.1, 0.15) is 45.1 Å². The van der Waals surface area contributed by atoms with E-state index in [4.69, 9.17) is 19.6 Å². The zero-order valence-electron chi connectivity index (χ0n) is 22.6. The Morgan fingerprint density at radius 1 is 1.18 bits per heavy atom. The maximum Gasteiger partial charge on any atom is 0.490 e. The number of benzene rings is 2.